The maximum absolute atomic E-state index is 12.5. The highest BCUT2D eigenvalue weighted by Crippen LogP contribution is 2.19. The predicted octanol–water partition coefficient (Wildman–Crippen LogP) is 2.27. The van der Waals surface area contributed by atoms with E-state index >= 15 is 0 Å². The van der Waals surface area contributed by atoms with E-state index in [0.717, 1.165) is 43.6 Å². The molecular formula is C20H28N4O2. The Labute approximate surface area is 155 Å². The van der Waals surface area contributed by atoms with Gasteiger partial charge in [0.2, 0.25) is 5.91 Å². The maximum Gasteiger partial charge on any atom is 0.321 e. The summed E-state index contributed by atoms with van der Waals surface area (Å²) in [5.41, 5.74) is 3.17. The average molecular weight is 356 g/mol. The lowest BCUT2D eigenvalue weighted by Gasteiger charge is -2.32. The summed E-state index contributed by atoms with van der Waals surface area (Å²) in [7, 11) is 0. The maximum atomic E-state index is 12.5. The summed E-state index contributed by atoms with van der Waals surface area (Å²) in [6.07, 6.45) is 4.81. The SMILES string of the molecule is Cc1cccc(NC(=O)N2CCCC(C(=O)NCC3=CCNCC3)C2)c1. The molecule has 0 bridgehead atoms. The number of hydrogen-bond acceptors (Lipinski definition) is 3. The first kappa shape index (κ1) is 18.5. The number of nitrogens with zero attached hydrogens (tertiary/aromatic N) is 1. The minimum atomic E-state index is -0.130. The van der Waals surface area contributed by atoms with Gasteiger partial charge in [0.1, 0.15) is 0 Å². The van der Waals surface area contributed by atoms with E-state index in [9.17, 15) is 9.59 Å². The van der Waals surface area contributed by atoms with Crippen molar-refractivity contribution in [2.24, 2.45) is 5.92 Å². The topological polar surface area (TPSA) is 73.5 Å². The van der Waals surface area contributed by atoms with Crippen molar-refractivity contribution < 1.29 is 9.59 Å². The zero-order valence-electron chi connectivity index (χ0n) is 15.4. The van der Waals surface area contributed by atoms with Gasteiger partial charge >= 0.3 is 6.03 Å². The summed E-state index contributed by atoms with van der Waals surface area (Å²) in [4.78, 5) is 26.8. The van der Waals surface area contributed by atoms with Gasteiger partial charge in [-0.3, -0.25) is 4.79 Å². The number of benzene rings is 1. The van der Waals surface area contributed by atoms with E-state index in [4.69, 9.17) is 0 Å². The number of carbonyl (C=O) groups is 2. The molecule has 1 unspecified atom stereocenters. The molecular weight excluding hydrogens is 328 g/mol. The van der Waals surface area contributed by atoms with Crippen LogP contribution in [0.15, 0.2) is 35.9 Å². The van der Waals surface area contributed by atoms with Crippen LogP contribution in [0.25, 0.3) is 0 Å². The molecule has 2 heterocycles. The van der Waals surface area contributed by atoms with Gasteiger partial charge in [-0.05, 0) is 50.4 Å². The minimum absolute atomic E-state index is 0.0532. The second-order valence-electron chi connectivity index (χ2n) is 7.12. The van der Waals surface area contributed by atoms with Crippen molar-refractivity contribution in [2.45, 2.75) is 26.2 Å². The van der Waals surface area contributed by atoms with Gasteiger partial charge in [0.05, 0.1) is 5.92 Å². The van der Waals surface area contributed by atoms with E-state index in [2.05, 4.69) is 22.0 Å². The Hall–Kier alpha value is -2.34. The second-order valence-corrected chi connectivity index (χ2v) is 7.12. The number of piperidine rings is 1. The van der Waals surface area contributed by atoms with Crippen molar-refractivity contribution in [3.05, 3.63) is 41.5 Å². The molecule has 1 atom stereocenters. The van der Waals surface area contributed by atoms with Gasteiger partial charge in [0.15, 0.2) is 0 Å². The summed E-state index contributed by atoms with van der Waals surface area (Å²) in [5.74, 6) is -0.0770. The van der Waals surface area contributed by atoms with E-state index in [1.165, 1.54) is 5.57 Å². The van der Waals surface area contributed by atoms with E-state index in [1.807, 2.05) is 31.2 Å². The largest absolute Gasteiger partial charge is 0.352 e. The Morgan fingerprint density at radius 3 is 3.00 bits per heavy atom. The number of likely N-dealkylation sites (tertiary alicyclic amines) is 1. The van der Waals surface area contributed by atoms with Gasteiger partial charge in [-0.15, -0.1) is 0 Å². The Morgan fingerprint density at radius 2 is 2.23 bits per heavy atom. The Kier molecular flexibility index (Phi) is 6.28. The molecule has 0 aromatic heterocycles. The quantitative estimate of drug-likeness (QED) is 0.725. The number of carbonyl (C=O) groups excluding carboxylic acids is 2. The third-order valence-electron chi connectivity index (χ3n) is 5.00. The van der Waals surface area contributed by atoms with Crippen LogP contribution >= 0.6 is 0 Å². The van der Waals surface area contributed by atoms with Crippen LogP contribution in [-0.2, 0) is 4.79 Å². The zero-order chi connectivity index (χ0) is 18.4. The van der Waals surface area contributed by atoms with Crippen molar-refractivity contribution in [2.75, 3.05) is 38.0 Å². The van der Waals surface area contributed by atoms with Gasteiger partial charge in [0, 0.05) is 31.9 Å². The predicted molar refractivity (Wildman–Crippen MR) is 103 cm³/mol. The molecule has 6 nitrogen and oxygen atoms in total. The fourth-order valence-electron chi connectivity index (χ4n) is 3.48. The van der Waals surface area contributed by atoms with Crippen LogP contribution in [0.5, 0.6) is 0 Å². The lowest BCUT2D eigenvalue weighted by molar-refractivity contribution is -0.126. The van der Waals surface area contributed by atoms with Crippen LogP contribution in [0, 0.1) is 12.8 Å². The number of nitrogens with one attached hydrogen (secondary N) is 3. The lowest BCUT2D eigenvalue weighted by atomic mass is 9.97. The summed E-state index contributed by atoms with van der Waals surface area (Å²) < 4.78 is 0. The van der Waals surface area contributed by atoms with Gasteiger partial charge in [-0.2, -0.15) is 0 Å². The Balaban J connectivity index is 1.50. The first-order valence-electron chi connectivity index (χ1n) is 9.41. The fraction of sp³-hybridized carbons (Fsp3) is 0.500. The molecule has 3 N–H and O–H groups in total. The number of anilines is 1. The minimum Gasteiger partial charge on any atom is -0.352 e. The molecule has 0 radical (unpaired) electrons. The number of rotatable bonds is 4. The zero-order valence-corrected chi connectivity index (χ0v) is 15.4. The molecule has 2 aliphatic rings. The molecule has 140 valence electrons. The normalized spacial score (nSPS) is 20.3. The highest BCUT2D eigenvalue weighted by molar-refractivity contribution is 5.90. The summed E-state index contributed by atoms with van der Waals surface area (Å²) in [6.45, 7) is 5.63. The summed E-state index contributed by atoms with van der Waals surface area (Å²) >= 11 is 0. The number of urea groups is 1. The van der Waals surface area contributed by atoms with Crippen molar-refractivity contribution >= 4 is 17.6 Å². The summed E-state index contributed by atoms with van der Waals surface area (Å²) in [5, 5.41) is 9.25. The van der Waals surface area contributed by atoms with Crippen LogP contribution in [-0.4, -0.2) is 49.6 Å². The van der Waals surface area contributed by atoms with Crippen LogP contribution in [0.3, 0.4) is 0 Å². The smallest absolute Gasteiger partial charge is 0.321 e. The molecule has 0 saturated carbocycles. The molecule has 6 heteroatoms. The van der Waals surface area contributed by atoms with Crippen LogP contribution in [0.4, 0.5) is 10.5 Å². The monoisotopic (exact) mass is 356 g/mol. The fourth-order valence-corrected chi connectivity index (χ4v) is 3.48. The second kappa shape index (κ2) is 8.85. The first-order valence-corrected chi connectivity index (χ1v) is 9.41. The van der Waals surface area contributed by atoms with Crippen LogP contribution < -0.4 is 16.0 Å². The standard InChI is InChI=1S/C20H28N4O2/c1-15-4-2-6-18(12-15)23-20(26)24-11-3-5-17(14-24)19(25)22-13-16-7-9-21-10-8-16/h2,4,6-7,12,17,21H,3,5,8-11,13-14H2,1H3,(H,22,25)(H,23,26). The number of aryl methyl sites for hydroxylation is 1. The van der Waals surface area contributed by atoms with E-state index < -0.39 is 0 Å². The molecule has 26 heavy (non-hydrogen) atoms. The first-order chi connectivity index (χ1) is 12.6. The molecule has 0 spiro atoms. The van der Waals surface area contributed by atoms with Crippen molar-refractivity contribution in [3.8, 4) is 0 Å². The molecule has 1 fully saturated rings. The van der Waals surface area contributed by atoms with E-state index in [-0.39, 0.29) is 17.9 Å². The van der Waals surface area contributed by atoms with Gasteiger partial charge in [-0.25, -0.2) is 4.79 Å². The van der Waals surface area contributed by atoms with Crippen molar-refractivity contribution in [3.63, 3.8) is 0 Å². The molecule has 0 aliphatic carbocycles. The number of hydrogen-bond donors (Lipinski definition) is 3. The highest BCUT2D eigenvalue weighted by Gasteiger charge is 2.28. The Morgan fingerprint density at radius 1 is 1.35 bits per heavy atom. The number of amides is 3. The third-order valence-corrected chi connectivity index (χ3v) is 5.00. The van der Waals surface area contributed by atoms with Gasteiger partial charge in [-0.1, -0.05) is 23.8 Å². The molecule has 3 amide bonds. The molecule has 3 rings (SSSR count). The van der Waals surface area contributed by atoms with E-state index in [0.29, 0.717) is 19.6 Å². The third kappa shape index (κ3) is 5.08. The molecule has 1 aromatic carbocycles. The van der Waals surface area contributed by atoms with Crippen LogP contribution in [0.2, 0.25) is 0 Å². The average Bonchev–Trinajstić information content (AvgIpc) is 2.67. The van der Waals surface area contributed by atoms with Crippen molar-refractivity contribution in [1.82, 2.24) is 15.5 Å². The van der Waals surface area contributed by atoms with Crippen molar-refractivity contribution in [1.29, 1.82) is 0 Å². The molecule has 2 aliphatic heterocycles. The van der Waals surface area contributed by atoms with Crippen LogP contribution in [0.1, 0.15) is 24.8 Å². The molecule has 1 saturated heterocycles. The summed E-state index contributed by atoms with van der Waals surface area (Å²) in [6, 6.07) is 7.61. The molecule has 1 aromatic rings. The lowest BCUT2D eigenvalue weighted by Crippen LogP contribution is -2.47. The van der Waals surface area contributed by atoms with Gasteiger partial charge in [0.25, 0.3) is 0 Å². The van der Waals surface area contributed by atoms with Gasteiger partial charge < -0.3 is 20.9 Å². The van der Waals surface area contributed by atoms with E-state index in [1.54, 1.807) is 4.90 Å². The Bertz CT molecular complexity index is 686. The highest BCUT2D eigenvalue weighted by atomic mass is 16.2.